The number of hydrogen-bond donors (Lipinski definition) is 1. The van der Waals surface area contributed by atoms with E-state index in [0.717, 1.165) is 10.4 Å². The fraction of sp³-hybridized carbons (Fsp3) is 0.0417. The summed E-state index contributed by atoms with van der Waals surface area (Å²) in [6.07, 6.45) is 3.53. The minimum Gasteiger partial charge on any atom is -0.457 e. The predicted octanol–water partition coefficient (Wildman–Crippen LogP) is 6.99. The first-order valence-corrected chi connectivity index (χ1v) is 11.2. The number of halogens is 3. The van der Waals surface area contributed by atoms with Crippen LogP contribution in [-0.4, -0.2) is 10.9 Å². The predicted molar refractivity (Wildman–Crippen MR) is 128 cm³/mol. The van der Waals surface area contributed by atoms with Crippen molar-refractivity contribution in [2.45, 2.75) is 6.42 Å². The van der Waals surface area contributed by atoms with E-state index in [9.17, 15) is 14.4 Å². The van der Waals surface area contributed by atoms with Crippen LogP contribution in [0.25, 0.3) is 17.4 Å². The Balaban J connectivity index is 1.45. The first kappa shape index (κ1) is 22.7. The maximum atomic E-state index is 13.1. The summed E-state index contributed by atoms with van der Waals surface area (Å²) in [5.74, 6) is -0.112. The van der Waals surface area contributed by atoms with Gasteiger partial charge in [-0.1, -0.05) is 35.3 Å². The Morgan fingerprint density at radius 2 is 1.97 bits per heavy atom. The standard InChI is InChI=1S/C24H14Cl2FN3O2S/c25-16-3-7-20(21(26)11-16)22-8-6-18(32-22)10-15(12-28)23(31)30-24-29-13-19(33-24)9-14-1-4-17(27)5-2-14/h1-8,10-11,13H,9H2,(H,29,30,31). The molecule has 164 valence electrons. The van der Waals surface area contributed by atoms with Crippen molar-refractivity contribution in [3.8, 4) is 17.4 Å². The average Bonchev–Trinajstić information content (AvgIpc) is 3.43. The van der Waals surface area contributed by atoms with Crippen LogP contribution in [0.15, 0.2) is 70.8 Å². The second-order valence-electron chi connectivity index (χ2n) is 6.89. The summed E-state index contributed by atoms with van der Waals surface area (Å²) in [5.41, 5.74) is 1.42. The number of carbonyl (C=O) groups is 1. The van der Waals surface area contributed by atoms with Crippen molar-refractivity contribution >= 4 is 51.7 Å². The van der Waals surface area contributed by atoms with Gasteiger partial charge < -0.3 is 4.42 Å². The summed E-state index contributed by atoms with van der Waals surface area (Å²) in [6, 6.07) is 16.4. The van der Waals surface area contributed by atoms with Gasteiger partial charge in [0.15, 0.2) is 5.13 Å². The normalized spacial score (nSPS) is 11.3. The monoisotopic (exact) mass is 497 g/mol. The lowest BCUT2D eigenvalue weighted by Gasteiger charge is -2.01. The number of benzene rings is 2. The average molecular weight is 498 g/mol. The lowest BCUT2D eigenvalue weighted by atomic mass is 10.1. The minimum atomic E-state index is -0.609. The number of nitriles is 1. The van der Waals surface area contributed by atoms with E-state index >= 15 is 0 Å². The summed E-state index contributed by atoms with van der Waals surface area (Å²) < 4.78 is 18.8. The molecule has 2 aromatic carbocycles. The molecule has 0 aliphatic heterocycles. The highest BCUT2D eigenvalue weighted by Crippen LogP contribution is 2.32. The first-order valence-electron chi connectivity index (χ1n) is 9.59. The van der Waals surface area contributed by atoms with Gasteiger partial charge in [-0.25, -0.2) is 9.37 Å². The number of nitrogens with zero attached hydrogens (tertiary/aromatic N) is 2. The molecule has 4 rings (SSSR count). The minimum absolute atomic E-state index is 0.145. The molecule has 0 saturated carbocycles. The molecular formula is C24H14Cl2FN3O2S. The topological polar surface area (TPSA) is 78.9 Å². The van der Waals surface area contributed by atoms with E-state index in [-0.39, 0.29) is 11.4 Å². The van der Waals surface area contributed by atoms with Gasteiger partial charge in [-0.05, 0) is 48.0 Å². The van der Waals surface area contributed by atoms with E-state index in [2.05, 4.69) is 10.3 Å². The molecule has 9 heteroatoms. The van der Waals surface area contributed by atoms with Crippen molar-refractivity contribution in [3.05, 3.63) is 98.4 Å². The molecule has 2 aromatic heterocycles. The number of anilines is 1. The van der Waals surface area contributed by atoms with Crippen molar-refractivity contribution in [1.29, 1.82) is 5.26 Å². The first-order chi connectivity index (χ1) is 15.9. The Labute approximate surface area is 202 Å². The molecule has 4 aromatic rings. The van der Waals surface area contributed by atoms with Gasteiger partial charge >= 0.3 is 0 Å². The molecule has 5 nitrogen and oxygen atoms in total. The maximum absolute atomic E-state index is 13.1. The molecule has 1 N–H and O–H groups in total. The van der Waals surface area contributed by atoms with Gasteiger partial charge in [-0.3, -0.25) is 10.1 Å². The highest BCUT2D eigenvalue weighted by Gasteiger charge is 2.14. The van der Waals surface area contributed by atoms with Crippen LogP contribution in [0, 0.1) is 17.1 Å². The molecule has 0 bridgehead atoms. The molecule has 0 aliphatic carbocycles. The van der Waals surface area contributed by atoms with Gasteiger partial charge in [-0.15, -0.1) is 11.3 Å². The van der Waals surface area contributed by atoms with Crippen molar-refractivity contribution in [3.63, 3.8) is 0 Å². The molecular weight excluding hydrogens is 484 g/mol. The van der Waals surface area contributed by atoms with E-state index < -0.39 is 5.91 Å². The third-order valence-corrected chi connectivity index (χ3v) is 6.00. The number of rotatable bonds is 6. The van der Waals surface area contributed by atoms with Gasteiger partial charge in [0, 0.05) is 34.2 Å². The molecule has 1 amide bonds. The molecule has 2 heterocycles. The zero-order valence-electron chi connectivity index (χ0n) is 16.8. The maximum Gasteiger partial charge on any atom is 0.268 e. The lowest BCUT2D eigenvalue weighted by molar-refractivity contribution is -0.112. The van der Waals surface area contributed by atoms with Crippen molar-refractivity contribution in [1.82, 2.24) is 4.98 Å². The zero-order valence-corrected chi connectivity index (χ0v) is 19.1. The SMILES string of the molecule is N#CC(=Cc1ccc(-c2ccc(Cl)cc2Cl)o1)C(=O)Nc1ncc(Cc2ccc(F)cc2)s1. The van der Waals surface area contributed by atoms with Gasteiger partial charge in [0.2, 0.25) is 0 Å². The molecule has 0 atom stereocenters. The molecule has 0 radical (unpaired) electrons. The Kier molecular flexibility index (Phi) is 6.90. The van der Waals surface area contributed by atoms with Crippen LogP contribution in [0.5, 0.6) is 0 Å². The van der Waals surface area contributed by atoms with Crippen molar-refractivity contribution in [2.24, 2.45) is 0 Å². The summed E-state index contributed by atoms with van der Waals surface area (Å²) >= 11 is 13.4. The Bertz CT molecular complexity index is 1390. The number of furan rings is 1. The fourth-order valence-electron chi connectivity index (χ4n) is 2.97. The second-order valence-corrected chi connectivity index (χ2v) is 8.84. The van der Waals surface area contributed by atoms with Crippen molar-refractivity contribution in [2.75, 3.05) is 5.32 Å². The van der Waals surface area contributed by atoms with E-state index in [1.807, 2.05) is 6.07 Å². The summed E-state index contributed by atoms with van der Waals surface area (Å²) in [7, 11) is 0. The van der Waals surface area contributed by atoms with Crippen LogP contribution in [0.3, 0.4) is 0 Å². The highest BCUT2D eigenvalue weighted by atomic mass is 35.5. The van der Waals surface area contributed by atoms with E-state index in [4.69, 9.17) is 27.6 Å². The van der Waals surface area contributed by atoms with Crippen LogP contribution in [0.2, 0.25) is 10.0 Å². The van der Waals surface area contributed by atoms with Gasteiger partial charge in [-0.2, -0.15) is 5.26 Å². The Morgan fingerprint density at radius 3 is 2.70 bits per heavy atom. The van der Waals surface area contributed by atoms with E-state index in [1.54, 1.807) is 48.7 Å². The van der Waals surface area contributed by atoms with E-state index in [1.165, 1.54) is 29.5 Å². The van der Waals surface area contributed by atoms with Crippen molar-refractivity contribution < 1.29 is 13.6 Å². The molecule has 0 fully saturated rings. The van der Waals surface area contributed by atoms with Crippen LogP contribution >= 0.6 is 34.5 Å². The second kappa shape index (κ2) is 10.0. The van der Waals surface area contributed by atoms with E-state index in [0.29, 0.717) is 38.7 Å². The number of amides is 1. The lowest BCUT2D eigenvalue weighted by Crippen LogP contribution is -2.13. The summed E-state index contributed by atoms with van der Waals surface area (Å²) in [4.78, 5) is 17.6. The number of aromatic nitrogens is 1. The zero-order chi connectivity index (χ0) is 23.4. The van der Waals surface area contributed by atoms with Gasteiger partial charge in [0.25, 0.3) is 5.91 Å². The molecule has 0 spiro atoms. The third-order valence-electron chi connectivity index (χ3n) is 4.54. The van der Waals surface area contributed by atoms with Crippen LogP contribution in [0.4, 0.5) is 9.52 Å². The van der Waals surface area contributed by atoms with Crippen LogP contribution in [0.1, 0.15) is 16.2 Å². The molecule has 33 heavy (non-hydrogen) atoms. The number of carbonyl (C=O) groups excluding carboxylic acids is 1. The van der Waals surface area contributed by atoms with Crippen LogP contribution < -0.4 is 5.32 Å². The number of hydrogen-bond acceptors (Lipinski definition) is 5. The number of thiazole rings is 1. The summed E-state index contributed by atoms with van der Waals surface area (Å²) in [6.45, 7) is 0. The fourth-order valence-corrected chi connectivity index (χ4v) is 4.31. The molecule has 0 aliphatic rings. The Morgan fingerprint density at radius 1 is 1.18 bits per heavy atom. The van der Waals surface area contributed by atoms with Gasteiger partial charge in [0.05, 0.1) is 5.02 Å². The highest BCUT2D eigenvalue weighted by molar-refractivity contribution is 7.15. The number of nitrogens with one attached hydrogen (secondary N) is 1. The third kappa shape index (κ3) is 5.68. The van der Waals surface area contributed by atoms with Crippen LogP contribution in [-0.2, 0) is 11.2 Å². The molecule has 0 saturated heterocycles. The largest absolute Gasteiger partial charge is 0.457 e. The Hall–Kier alpha value is -3.44. The smallest absolute Gasteiger partial charge is 0.268 e. The van der Waals surface area contributed by atoms with Gasteiger partial charge in [0.1, 0.15) is 29.0 Å². The summed E-state index contributed by atoms with van der Waals surface area (Å²) in [5, 5.41) is 13.4. The molecule has 0 unspecified atom stereocenters. The quantitative estimate of drug-likeness (QED) is 0.230.